The molecule has 94 valence electrons. The lowest BCUT2D eigenvalue weighted by Crippen LogP contribution is -2.26. The minimum atomic E-state index is -0.514. The Balaban J connectivity index is 2.15. The summed E-state index contributed by atoms with van der Waals surface area (Å²) in [5.74, 6) is -0.280. The molecule has 0 saturated heterocycles. The van der Waals surface area contributed by atoms with Crippen molar-refractivity contribution in [2.45, 2.75) is 25.3 Å². The van der Waals surface area contributed by atoms with E-state index in [9.17, 15) is 9.50 Å². The summed E-state index contributed by atoms with van der Waals surface area (Å²) in [6.07, 6.45) is 3.07. The molecule has 1 saturated carbocycles. The lowest BCUT2D eigenvalue weighted by Gasteiger charge is -2.21. The van der Waals surface area contributed by atoms with Gasteiger partial charge in [-0.1, -0.05) is 18.0 Å². The summed E-state index contributed by atoms with van der Waals surface area (Å²) >= 11 is 5.72. The molecule has 0 amide bonds. The van der Waals surface area contributed by atoms with Crippen molar-refractivity contribution >= 4 is 23.0 Å². The van der Waals surface area contributed by atoms with Gasteiger partial charge in [0.05, 0.1) is 16.4 Å². The normalized spacial score (nSPS) is 23.9. The van der Waals surface area contributed by atoms with Crippen molar-refractivity contribution in [1.82, 2.24) is 0 Å². The van der Waals surface area contributed by atoms with Crippen molar-refractivity contribution in [3.8, 4) is 0 Å². The number of nitrogens with one attached hydrogen (secondary N) is 1. The summed E-state index contributed by atoms with van der Waals surface area (Å²) in [6, 6.07) is 2.90. The second kappa shape index (κ2) is 5.10. The first-order valence-corrected chi connectivity index (χ1v) is 6.11. The zero-order valence-corrected chi connectivity index (χ0v) is 10.2. The summed E-state index contributed by atoms with van der Waals surface area (Å²) in [4.78, 5) is 0. The van der Waals surface area contributed by atoms with E-state index in [2.05, 4.69) is 5.32 Å². The van der Waals surface area contributed by atoms with E-state index in [0.717, 1.165) is 19.3 Å². The Labute approximate surface area is 105 Å². The monoisotopic (exact) mass is 258 g/mol. The molecule has 0 heterocycles. The molecular formula is C12H16ClFN2O. The Morgan fingerprint density at radius 2 is 2.24 bits per heavy atom. The van der Waals surface area contributed by atoms with Crippen molar-refractivity contribution in [2.24, 2.45) is 5.92 Å². The maximum absolute atomic E-state index is 13.1. The summed E-state index contributed by atoms with van der Waals surface area (Å²) in [5, 5.41) is 12.5. The number of halogens is 2. The van der Waals surface area contributed by atoms with Crippen molar-refractivity contribution in [3.63, 3.8) is 0 Å². The molecule has 0 aromatic heterocycles. The van der Waals surface area contributed by atoms with Gasteiger partial charge in [0.15, 0.2) is 0 Å². The van der Waals surface area contributed by atoms with Gasteiger partial charge in [0.2, 0.25) is 0 Å². The molecule has 0 radical (unpaired) electrons. The summed E-state index contributed by atoms with van der Waals surface area (Å²) in [7, 11) is 0. The van der Waals surface area contributed by atoms with Gasteiger partial charge in [-0.05, 0) is 18.9 Å². The first kappa shape index (κ1) is 12.5. The number of anilines is 2. The summed E-state index contributed by atoms with van der Waals surface area (Å²) in [5.41, 5.74) is 6.72. The van der Waals surface area contributed by atoms with Crippen LogP contribution in [0.4, 0.5) is 15.8 Å². The lowest BCUT2D eigenvalue weighted by atomic mass is 10.0. The third-order valence-corrected chi connectivity index (χ3v) is 3.62. The lowest BCUT2D eigenvalue weighted by molar-refractivity contribution is 0.222. The molecule has 2 unspecified atom stereocenters. The highest BCUT2D eigenvalue weighted by atomic mass is 35.5. The predicted molar refractivity (Wildman–Crippen MR) is 67.7 cm³/mol. The molecule has 2 rings (SSSR count). The molecule has 1 aliphatic carbocycles. The average molecular weight is 259 g/mol. The number of hydrogen-bond donors (Lipinski definition) is 3. The van der Waals surface area contributed by atoms with E-state index in [-0.39, 0.29) is 23.6 Å². The van der Waals surface area contributed by atoms with Crippen LogP contribution >= 0.6 is 11.6 Å². The largest absolute Gasteiger partial charge is 0.397 e. The van der Waals surface area contributed by atoms with E-state index >= 15 is 0 Å². The van der Waals surface area contributed by atoms with Gasteiger partial charge in [-0.2, -0.15) is 0 Å². The Kier molecular flexibility index (Phi) is 3.74. The summed E-state index contributed by atoms with van der Waals surface area (Å²) < 4.78 is 13.1. The Bertz CT molecular complexity index is 414. The second-order valence-corrected chi connectivity index (χ2v) is 4.89. The number of nitrogen functional groups attached to an aromatic ring is 1. The molecule has 0 aliphatic heterocycles. The van der Waals surface area contributed by atoms with E-state index < -0.39 is 5.82 Å². The van der Waals surface area contributed by atoms with Crippen LogP contribution in [0.2, 0.25) is 5.02 Å². The minimum absolute atomic E-state index is 0.0558. The van der Waals surface area contributed by atoms with Gasteiger partial charge >= 0.3 is 0 Å². The van der Waals surface area contributed by atoms with Crippen LogP contribution in [0, 0.1) is 11.7 Å². The zero-order valence-electron chi connectivity index (χ0n) is 9.42. The fourth-order valence-corrected chi connectivity index (χ4v) is 2.50. The first-order chi connectivity index (χ1) is 8.11. The number of rotatable bonds is 3. The van der Waals surface area contributed by atoms with Gasteiger partial charge in [-0.25, -0.2) is 4.39 Å². The van der Waals surface area contributed by atoms with Crippen molar-refractivity contribution in [3.05, 3.63) is 23.0 Å². The number of aliphatic hydroxyl groups is 1. The Morgan fingerprint density at radius 1 is 1.47 bits per heavy atom. The highest BCUT2D eigenvalue weighted by Crippen LogP contribution is 2.32. The SMILES string of the molecule is Nc1cc(F)c(Cl)cc1NC1CCCC1CO. The molecule has 5 heteroatoms. The third kappa shape index (κ3) is 2.64. The van der Waals surface area contributed by atoms with E-state index in [1.807, 2.05) is 0 Å². The van der Waals surface area contributed by atoms with Gasteiger partial charge in [-0.15, -0.1) is 0 Å². The topological polar surface area (TPSA) is 58.3 Å². The van der Waals surface area contributed by atoms with Crippen LogP contribution in [-0.4, -0.2) is 17.8 Å². The van der Waals surface area contributed by atoms with E-state index in [1.54, 1.807) is 0 Å². The predicted octanol–water partition coefficient (Wildman–Crippen LogP) is 2.63. The molecule has 2 atom stereocenters. The maximum Gasteiger partial charge on any atom is 0.143 e. The quantitative estimate of drug-likeness (QED) is 0.731. The van der Waals surface area contributed by atoms with Gasteiger partial charge in [0.1, 0.15) is 5.82 Å². The highest BCUT2D eigenvalue weighted by molar-refractivity contribution is 6.31. The molecule has 1 fully saturated rings. The van der Waals surface area contributed by atoms with Crippen LogP contribution in [0.15, 0.2) is 12.1 Å². The minimum Gasteiger partial charge on any atom is -0.397 e. The van der Waals surface area contributed by atoms with Crippen LogP contribution in [0.5, 0.6) is 0 Å². The number of aliphatic hydroxyl groups excluding tert-OH is 1. The van der Waals surface area contributed by atoms with Gasteiger partial charge in [0.25, 0.3) is 0 Å². The van der Waals surface area contributed by atoms with Crippen LogP contribution in [-0.2, 0) is 0 Å². The van der Waals surface area contributed by atoms with Crippen molar-refractivity contribution < 1.29 is 9.50 Å². The Hall–Kier alpha value is -1.00. The summed E-state index contributed by atoms with van der Waals surface area (Å²) in [6.45, 7) is 0.159. The molecule has 3 nitrogen and oxygen atoms in total. The van der Waals surface area contributed by atoms with E-state index in [1.165, 1.54) is 12.1 Å². The number of nitrogens with two attached hydrogens (primary N) is 1. The number of hydrogen-bond acceptors (Lipinski definition) is 3. The molecule has 1 aromatic rings. The molecule has 0 bridgehead atoms. The van der Waals surface area contributed by atoms with Crippen LogP contribution in [0.1, 0.15) is 19.3 Å². The third-order valence-electron chi connectivity index (χ3n) is 3.33. The molecule has 1 aliphatic rings. The average Bonchev–Trinajstić information content (AvgIpc) is 2.73. The molecule has 4 N–H and O–H groups in total. The number of benzene rings is 1. The van der Waals surface area contributed by atoms with Gasteiger partial charge in [-0.3, -0.25) is 0 Å². The van der Waals surface area contributed by atoms with Crippen LogP contribution in [0.25, 0.3) is 0 Å². The zero-order chi connectivity index (χ0) is 12.4. The highest BCUT2D eigenvalue weighted by Gasteiger charge is 2.26. The fourth-order valence-electron chi connectivity index (χ4n) is 2.33. The fraction of sp³-hybridized carbons (Fsp3) is 0.500. The maximum atomic E-state index is 13.1. The Morgan fingerprint density at radius 3 is 2.94 bits per heavy atom. The first-order valence-electron chi connectivity index (χ1n) is 5.73. The van der Waals surface area contributed by atoms with Gasteiger partial charge < -0.3 is 16.2 Å². The molecular weight excluding hydrogens is 243 g/mol. The smallest absolute Gasteiger partial charge is 0.143 e. The molecule has 17 heavy (non-hydrogen) atoms. The van der Waals surface area contributed by atoms with Crippen LogP contribution in [0.3, 0.4) is 0 Å². The van der Waals surface area contributed by atoms with Gasteiger partial charge in [0, 0.05) is 24.6 Å². The van der Waals surface area contributed by atoms with E-state index in [0.29, 0.717) is 11.4 Å². The van der Waals surface area contributed by atoms with Crippen molar-refractivity contribution in [2.75, 3.05) is 17.7 Å². The second-order valence-electron chi connectivity index (χ2n) is 4.48. The van der Waals surface area contributed by atoms with Crippen molar-refractivity contribution in [1.29, 1.82) is 0 Å². The standard InChI is InChI=1S/C12H16ClFN2O/c13-8-4-12(10(15)5-9(8)14)16-11-3-1-2-7(11)6-17/h4-5,7,11,16-17H,1-3,6,15H2. The van der Waals surface area contributed by atoms with E-state index in [4.69, 9.17) is 17.3 Å². The molecule has 0 spiro atoms. The van der Waals surface area contributed by atoms with Crippen LogP contribution < -0.4 is 11.1 Å². The molecule has 1 aromatic carbocycles.